The average molecular weight is 326 g/mol. The third kappa shape index (κ3) is 5.11. The molecule has 2 aromatic carbocycles. The molecule has 0 bridgehead atoms. The van der Waals surface area contributed by atoms with E-state index in [0.717, 1.165) is 5.56 Å². The van der Waals surface area contributed by atoms with Gasteiger partial charge in [0.2, 0.25) is 0 Å². The minimum atomic E-state index is -2.86. The second-order valence-electron chi connectivity index (χ2n) is 4.61. The van der Waals surface area contributed by atoms with Crippen molar-refractivity contribution in [3.63, 3.8) is 0 Å². The summed E-state index contributed by atoms with van der Waals surface area (Å²) in [4.78, 5) is 0. The van der Waals surface area contributed by atoms with Crippen molar-refractivity contribution in [1.29, 1.82) is 0 Å². The summed E-state index contributed by atoms with van der Waals surface area (Å²) in [5.41, 5.74) is 1.59. The maximum Gasteiger partial charge on any atom is 0.387 e. The van der Waals surface area contributed by atoms with Crippen LogP contribution < -0.4 is 9.47 Å². The van der Waals surface area contributed by atoms with Crippen LogP contribution in [0, 0.1) is 0 Å². The maximum atomic E-state index is 12.2. The first-order chi connectivity index (χ1) is 10.6. The number of rotatable bonds is 7. The number of hydrogen-bond acceptors (Lipinski definition) is 3. The Hall–Kier alpha value is -1.95. The van der Waals surface area contributed by atoms with E-state index in [2.05, 4.69) is 4.74 Å². The molecule has 0 radical (unpaired) electrons. The molecule has 0 aromatic heterocycles. The number of alkyl halides is 2. The summed E-state index contributed by atoms with van der Waals surface area (Å²) in [6, 6.07) is 13.6. The van der Waals surface area contributed by atoms with Gasteiger partial charge < -0.3 is 9.47 Å². The highest BCUT2D eigenvalue weighted by molar-refractivity contribution is 7.83. The van der Waals surface area contributed by atoms with Gasteiger partial charge in [0.05, 0.1) is 7.11 Å². The molecule has 2 aromatic rings. The van der Waals surface area contributed by atoms with Crippen LogP contribution in [-0.4, -0.2) is 17.9 Å². The highest BCUT2D eigenvalue weighted by Crippen LogP contribution is 2.19. The summed E-state index contributed by atoms with van der Waals surface area (Å²) < 4.78 is 46.0. The summed E-state index contributed by atoms with van der Waals surface area (Å²) >= 11 is 0. The van der Waals surface area contributed by atoms with Crippen molar-refractivity contribution in [2.75, 3.05) is 7.11 Å². The third-order valence-electron chi connectivity index (χ3n) is 2.91. The van der Waals surface area contributed by atoms with E-state index in [9.17, 15) is 13.0 Å². The maximum absolute atomic E-state index is 12.2. The molecule has 118 valence electrons. The summed E-state index contributed by atoms with van der Waals surface area (Å²) in [6.07, 6.45) is 0. The summed E-state index contributed by atoms with van der Waals surface area (Å²) in [7, 11) is 0.422. The van der Waals surface area contributed by atoms with E-state index in [-0.39, 0.29) is 11.5 Å². The van der Waals surface area contributed by atoms with Gasteiger partial charge in [0.15, 0.2) is 0 Å². The Morgan fingerprint density at radius 1 is 1.00 bits per heavy atom. The first-order valence-corrected chi connectivity index (χ1v) is 8.07. The lowest BCUT2D eigenvalue weighted by Gasteiger charge is -2.08. The molecule has 0 heterocycles. The molecule has 2 rings (SSSR count). The van der Waals surface area contributed by atoms with Gasteiger partial charge in [0.25, 0.3) is 0 Å². The van der Waals surface area contributed by atoms with E-state index in [0.29, 0.717) is 17.1 Å². The fraction of sp³-hybridized carbons (Fsp3) is 0.250. The second kappa shape index (κ2) is 7.89. The Bertz CT molecular complexity index is 647. The van der Waals surface area contributed by atoms with E-state index in [4.69, 9.17) is 4.74 Å². The highest BCUT2D eigenvalue weighted by atomic mass is 32.2. The van der Waals surface area contributed by atoms with Crippen molar-refractivity contribution in [1.82, 2.24) is 0 Å². The number of halogens is 2. The largest absolute Gasteiger partial charge is 0.497 e. The monoisotopic (exact) mass is 326 g/mol. The normalized spacial score (nSPS) is 12.2. The molecular weight excluding hydrogens is 310 g/mol. The van der Waals surface area contributed by atoms with Gasteiger partial charge in [0, 0.05) is 22.3 Å². The molecule has 3 nitrogen and oxygen atoms in total. The van der Waals surface area contributed by atoms with E-state index in [1.807, 2.05) is 24.3 Å². The van der Waals surface area contributed by atoms with Crippen LogP contribution in [-0.2, 0) is 22.3 Å². The highest BCUT2D eigenvalue weighted by Gasteiger charge is 2.08. The van der Waals surface area contributed by atoms with Gasteiger partial charge in [0.1, 0.15) is 11.5 Å². The lowest BCUT2D eigenvalue weighted by Crippen LogP contribution is -2.03. The van der Waals surface area contributed by atoms with Crippen molar-refractivity contribution >= 4 is 10.8 Å². The fourth-order valence-corrected chi connectivity index (χ4v) is 3.20. The van der Waals surface area contributed by atoms with Crippen LogP contribution in [0.3, 0.4) is 0 Å². The third-order valence-corrected chi connectivity index (χ3v) is 4.22. The Morgan fingerprint density at radius 2 is 1.55 bits per heavy atom. The molecule has 0 aliphatic carbocycles. The number of benzene rings is 2. The van der Waals surface area contributed by atoms with Crippen LogP contribution in [0.1, 0.15) is 11.1 Å². The molecule has 0 N–H and O–H groups in total. The minimum absolute atomic E-state index is 0.0749. The van der Waals surface area contributed by atoms with Gasteiger partial charge in [-0.15, -0.1) is 0 Å². The molecule has 1 atom stereocenters. The second-order valence-corrected chi connectivity index (χ2v) is 6.06. The lowest BCUT2D eigenvalue weighted by molar-refractivity contribution is -0.0498. The van der Waals surface area contributed by atoms with Crippen LogP contribution in [0.5, 0.6) is 11.5 Å². The SMILES string of the molecule is COc1cccc(CS(=O)Cc2cccc(OC(F)F)c2)c1. The van der Waals surface area contributed by atoms with Crippen LogP contribution in [0.2, 0.25) is 0 Å². The first kappa shape index (κ1) is 16.4. The van der Waals surface area contributed by atoms with Crippen LogP contribution in [0.4, 0.5) is 8.78 Å². The van der Waals surface area contributed by atoms with Gasteiger partial charge in [-0.25, -0.2) is 0 Å². The minimum Gasteiger partial charge on any atom is -0.497 e. The Morgan fingerprint density at radius 3 is 2.09 bits per heavy atom. The lowest BCUT2D eigenvalue weighted by atomic mass is 10.2. The fourth-order valence-electron chi connectivity index (χ4n) is 2.00. The molecular formula is C16H16F2O3S. The average Bonchev–Trinajstić information content (AvgIpc) is 2.47. The zero-order valence-corrected chi connectivity index (χ0v) is 12.8. The Kier molecular flexibility index (Phi) is 5.89. The smallest absolute Gasteiger partial charge is 0.387 e. The van der Waals surface area contributed by atoms with Crippen LogP contribution >= 0.6 is 0 Å². The van der Waals surface area contributed by atoms with Gasteiger partial charge in [-0.1, -0.05) is 24.3 Å². The predicted octanol–water partition coefficient (Wildman–Crippen LogP) is 3.75. The topological polar surface area (TPSA) is 35.5 Å². The van der Waals surface area contributed by atoms with Crippen molar-refractivity contribution in [2.24, 2.45) is 0 Å². The Labute approximate surface area is 130 Å². The summed E-state index contributed by atoms with van der Waals surface area (Å²) in [6.45, 7) is -2.86. The van der Waals surface area contributed by atoms with Crippen LogP contribution in [0.15, 0.2) is 48.5 Å². The van der Waals surface area contributed by atoms with E-state index in [1.165, 1.54) is 12.1 Å². The van der Waals surface area contributed by atoms with Gasteiger partial charge in [-0.3, -0.25) is 4.21 Å². The molecule has 1 unspecified atom stereocenters. The predicted molar refractivity (Wildman–Crippen MR) is 81.6 cm³/mol. The zero-order chi connectivity index (χ0) is 15.9. The molecule has 0 aliphatic heterocycles. The molecule has 0 spiro atoms. The molecule has 0 fully saturated rings. The van der Waals surface area contributed by atoms with E-state index in [1.54, 1.807) is 19.2 Å². The molecule has 0 saturated carbocycles. The number of methoxy groups -OCH3 is 1. The quantitative estimate of drug-likeness (QED) is 0.777. The summed E-state index contributed by atoms with van der Waals surface area (Å²) in [5.74, 6) is 1.43. The van der Waals surface area contributed by atoms with E-state index < -0.39 is 17.4 Å². The van der Waals surface area contributed by atoms with Crippen molar-refractivity contribution in [3.05, 3.63) is 59.7 Å². The van der Waals surface area contributed by atoms with Crippen molar-refractivity contribution < 1.29 is 22.5 Å². The standard InChI is InChI=1S/C16H16F2O3S/c1-20-14-6-2-4-12(8-14)10-22(19)11-13-5-3-7-15(9-13)21-16(17)18/h2-9,16H,10-11H2,1H3. The number of hydrogen-bond donors (Lipinski definition) is 0. The molecule has 6 heteroatoms. The molecule has 0 aliphatic rings. The molecule has 0 saturated heterocycles. The van der Waals surface area contributed by atoms with Crippen LogP contribution in [0.25, 0.3) is 0 Å². The zero-order valence-electron chi connectivity index (χ0n) is 12.0. The van der Waals surface area contributed by atoms with E-state index >= 15 is 0 Å². The van der Waals surface area contributed by atoms with Crippen molar-refractivity contribution in [2.45, 2.75) is 18.1 Å². The van der Waals surface area contributed by atoms with Gasteiger partial charge in [-0.2, -0.15) is 8.78 Å². The van der Waals surface area contributed by atoms with Gasteiger partial charge in [-0.05, 0) is 35.4 Å². The van der Waals surface area contributed by atoms with Gasteiger partial charge >= 0.3 is 6.61 Å². The molecule has 0 amide bonds. The summed E-state index contributed by atoms with van der Waals surface area (Å²) in [5, 5.41) is 0. The van der Waals surface area contributed by atoms with Crippen molar-refractivity contribution in [3.8, 4) is 11.5 Å². The molecule has 22 heavy (non-hydrogen) atoms. The first-order valence-electron chi connectivity index (χ1n) is 6.58. The Balaban J connectivity index is 1.99. The number of ether oxygens (including phenoxy) is 2.